The summed E-state index contributed by atoms with van der Waals surface area (Å²) in [6.07, 6.45) is 2.51. The lowest BCUT2D eigenvalue weighted by molar-refractivity contribution is 0.324. The van der Waals surface area contributed by atoms with Crippen LogP contribution < -0.4 is 10.5 Å². The zero-order valence-corrected chi connectivity index (χ0v) is 9.60. The molecule has 0 spiro atoms. The van der Waals surface area contributed by atoms with Crippen molar-refractivity contribution in [2.24, 2.45) is 5.73 Å². The van der Waals surface area contributed by atoms with Gasteiger partial charge in [-0.2, -0.15) is 0 Å². The SMILES string of the molecule is CCOc1cc(C(CC)C(C)N)ncn1. The second-order valence-corrected chi connectivity index (χ2v) is 3.59. The molecule has 0 aromatic carbocycles. The van der Waals surface area contributed by atoms with Crippen molar-refractivity contribution in [3.05, 3.63) is 18.1 Å². The Morgan fingerprint density at radius 2 is 2.13 bits per heavy atom. The maximum absolute atomic E-state index is 5.90. The summed E-state index contributed by atoms with van der Waals surface area (Å²) in [5.74, 6) is 0.897. The summed E-state index contributed by atoms with van der Waals surface area (Å²) in [6.45, 7) is 6.66. The molecule has 2 N–H and O–H groups in total. The van der Waals surface area contributed by atoms with Crippen molar-refractivity contribution in [1.82, 2.24) is 9.97 Å². The minimum Gasteiger partial charge on any atom is -0.478 e. The van der Waals surface area contributed by atoms with Crippen LogP contribution in [0.4, 0.5) is 0 Å². The first-order valence-electron chi connectivity index (χ1n) is 5.39. The van der Waals surface area contributed by atoms with Gasteiger partial charge in [-0.3, -0.25) is 0 Å². The average molecular weight is 209 g/mol. The van der Waals surface area contributed by atoms with Gasteiger partial charge in [-0.1, -0.05) is 6.92 Å². The Balaban J connectivity index is 2.87. The third-order valence-corrected chi connectivity index (χ3v) is 2.41. The number of hydrogen-bond acceptors (Lipinski definition) is 4. The van der Waals surface area contributed by atoms with E-state index in [2.05, 4.69) is 16.9 Å². The van der Waals surface area contributed by atoms with Crippen molar-refractivity contribution in [2.75, 3.05) is 6.61 Å². The van der Waals surface area contributed by atoms with Crippen LogP contribution in [0.2, 0.25) is 0 Å². The summed E-state index contributed by atoms with van der Waals surface area (Å²) in [5.41, 5.74) is 6.87. The fourth-order valence-electron chi connectivity index (χ4n) is 1.63. The standard InChI is InChI=1S/C11H19N3O/c1-4-9(8(3)12)10-6-11(15-5-2)14-7-13-10/h6-9H,4-5,12H2,1-3H3. The molecule has 1 aromatic heterocycles. The van der Waals surface area contributed by atoms with E-state index in [1.807, 2.05) is 19.9 Å². The molecule has 0 radical (unpaired) electrons. The first-order valence-corrected chi connectivity index (χ1v) is 5.39. The lowest BCUT2D eigenvalue weighted by atomic mass is 9.95. The molecule has 1 aromatic rings. The van der Waals surface area contributed by atoms with Gasteiger partial charge in [0.25, 0.3) is 0 Å². The van der Waals surface area contributed by atoms with Gasteiger partial charge in [0.2, 0.25) is 5.88 Å². The van der Waals surface area contributed by atoms with Gasteiger partial charge < -0.3 is 10.5 Å². The Labute approximate surface area is 90.9 Å². The fourth-order valence-corrected chi connectivity index (χ4v) is 1.63. The van der Waals surface area contributed by atoms with Gasteiger partial charge in [0.15, 0.2) is 0 Å². The molecule has 0 aliphatic carbocycles. The highest BCUT2D eigenvalue weighted by atomic mass is 16.5. The van der Waals surface area contributed by atoms with Gasteiger partial charge in [-0.25, -0.2) is 9.97 Å². The molecule has 1 heterocycles. The lowest BCUT2D eigenvalue weighted by Gasteiger charge is -2.18. The number of hydrogen-bond donors (Lipinski definition) is 1. The molecule has 0 saturated carbocycles. The summed E-state index contributed by atoms with van der Waals surface area (Å²) in [5, 5.41) is 0. The second kappa shape index (κ2) is 5.66. The Hall–Kier alpha value is -1.16. The van der Waals surface area contributed by atoms with Crippen LogP contribution in [0.1, 0.15) is 38.8 Å². The van der Waals surface area contributed by atoms with E-state index in [4.69, 9.17) is 10.5 Å². The largest absolute Gasteiger partial charge is 0.478 e. The first kappa shape index (κ1) is 11.9. The van der Waals surface area contributed by atoms with Crippen molar-refractivity contribution in [3.8, 4) is 5.88 Å². The van der Waals surface area contributed by atoms with Crippen molar-refractivity contribution >= 4 is 0 Å². The number of nitrogens with two attached hydrogens (primary N) is 1. The summed E-state index contributed by atoms with van der Waals surface area (Å²) >= 11 is 0. The minimum absolute atomic E-state index is 0.0966. The van der Waals surface area contributed by atoms with E-state index in [-0.39, 0.29) is 12.0 Å². The van der Waals surface area contributed by atoms with Crippen molar-refractivity contribution in [3.63, 3.8) is 0 Å². The van der Waals surface area contributed by atoms with Gasteiger partial charge in [0.1, 0.15) is 6.33 Å². The first-order chi connectivity index (χ1) is 7.19. The molecule has 15 heavy (non-hydrogen) atoms. The predicted molar refractivity (Wildman–Crippen MR) is 59.9 cm³/mol. The third kappa shape index (κ3) is 3.16. The molecule has 0 saturated heterocycles. The van der Waals surface area contributed by atoms with Crippen LogP contribution in [-0.2, 0) is 0 Å². The maximum Gasteiger partial charge on any atom is 0.216 e. The van der Waals surface area contributed by atoms with E-state index in [0.29, 0.717) is 12.5 Å². The molecule has 4 heteroatoms. The molecule has 2 atom stereocenters. The van der Waals surface area contributed by atoms with Crippen LogP contribution in [-0.4, -0.2) is 22.6 Å². The van der Waals surface area contributed by atoms with Crippen LogP contribution in [0.15, 0.2) is 12.4 Å². The molecule has 0 aliphatic heterocycles. The molecular weight excluding hydrogens is 190 g/mol. The van der Waals surface area contributed by atoms with Crippen LogP contribution in [0.5, 0.6) is 5.88 Å². The summed E-state index contributed by atoms with van der Waals surface area (Å²) in [7, 11) is 0. The predicted octanol–water partition coefficient (Wildman–Crippen LogP) is 1.72. The lowest BCUT2D eigenvalue weighted by Crippen LogP contribution is -2.25. The number of aromatic nitrogens is 2. The topological polar surface area (TPSA) is 61.0 Å². The van der Waals surface area contributed by atoms with Crippen LogP contribution in [0.25, 0.3) is 0 Å². The molecule has 1 rings (SSSR count). The van der Waals surface area contributed by atoms with Crippen LogP contribution in [0.3, 0.4) is 0 Å². The quantitative estimate of drug-likeness (QED) is 0.802. The summed E-state index contributed by atoms with van der Waals surface area (Å²) in [4.78, 5) is 8.27. The smallest absolute Gasteiger partial charge is 0.216 e. The summed E-state index contributed by atoms with van der Waals surface area (Å²) in [6, 6.07) is 1.97. The van der Waals surface area contributed by atoms with E-state index in [0.717, 1.165) is 12.1 Å². The van der Waals surface area contributed by atoms with E-state index in [9.17, 15) is 0 Å². The average Bonchev–Trinajstić information content (AvgIpc) is 2.19. The van der Waals surface area contributed by atoms with Crippen molar-refractivity contribution in [1.29, 1.82) is 0 Å². The van der Waals surface area contributed by atoms with Crippen LogP contribution in [0, 0.1) is 0 Å². The molecule has 2 unspecified atom stereocenters. The Morgan fingerprint density at radius 1 is 1.40 bits per heavy atom. The van der Waals surface area contributed by atoms with Crippen LogP contribution >= 0.6 is 0 Å². The van der Waals surface area contributed by atoms with Crippen molar-refractivity contribution in [2.45, 2.75) is 39.2 Å². The highest BCUT2D eigenvalue weighted by Crippen LogP contribution is 2.22. The minimum atomic E-state index is 0.0966. The van der Waals surface area contributed by atoms with Gasteiger partial charge in [-0.15, -0.1) is 0 Å². The zero-order valence-electron chi connectivity index (χ0n) is 9.60. The molecule has 0 bridgehead atoms. The monoisotopic (exact) mass is 209 g/mol. The normalized spacial score (nSPS) is 14.7. The number of nitrogens with zero attached hydrogens (tertiary/aromatic N) is 2. The maximum atomic E-state index is 5.90. The van der Waals surface area contributed by atoms with E-state index in [1.165, 1.54) is 6.33 Å². The van der Waals surface area contributed by atoms with Crippen molar-refractivity contribution < 1.29 is 4.74 Å². The molecule has 0 amide bonds. The Bertz CT molecular complexity index is 302. The van der Waals surface area contributed by atoms with E-state index < -0.39 is 0 Å². The van der Waals surface area contributed by atoms with E-state index >= 15 is 0 Å². The fraction of sp³-hybridized carbons (Fsp3) is 0.636. The van der Waals surface area contributed by atoms with Gasteiger partial charge in [0.05, 0.1) is 12.3 Å². The Kier molecular flexibility index (Phi) is 4.49. The number of ether oxygens (including phenoxy) is 1. The molecule has 4 nitrogen and oxygen atoms in total. The molecule has 84 valence electrons. The van der Waals surface area contributed by atoms with Gasteiger partial charge in [-0.05, 0) is 20.3 Å². The highest BCUT2D eigenvalue weighted by Gasteiger charge is 2.16. The zero-order chi connectivity index (χ0) is 11.3. The summed E-state index contributed by atoms with van der Waals surface area (Å²) < 4.78 is 5.33. The molecule has 0 aliphatic rings. The third-order valence-electron chi connectivity index (χ3n) is 2.41. The van der Waals surface area contributed by atoms with Gasteiger partial charge >= 0.3 is 0 Å². The Morgan fingerprint density at radius 3 is 2.67 bits per heavy atom. The van der Waals surface area contributed by atoms with Gasteiger partial charge in [0, 0.05) is 18.0 Å². The number of rotatable bonds is 5. The molecule has 0 fully saturated rings. The molecular formula is C11H19N3O. The van der Waals surface area contributed by atoms with E-state index in [1.54, 1.807) is 0 Å². The highest BCUT2D eigenvalue weighted by molar-refractivity contribution is 5.18. The second-order valence-electron chi connectivity index (χ2n) is 3.59.